The number of ketones is 1. The summed E-state index contributed by atoms with van der Waals surface area (Å²) in [6.45, 7) is 7.98. The number of benzene rings is 1. The zero-order chi connectivity index (χ0) is 12.6. The van der Waals surface area contributed by atoms with Crippen LogP contribution < -0.4 is 0 Å². The van der Waals surface area contributed by atoms with Gasteiger partial charge in [-0.2, -0.15) is 0 Å². The predicted molar refractivity (Wildman–Crippen MR) is 71.5 cm³/mol. The average molecular weight is 229 g/mol. The van der Waals surface area contributed by atoms with E-state index in [2.05, 4.69) is 37.9 Å². The van der Waals surface area contributed by atoms with Crippen molar-refractivity contribution in [3.8, 4) is 0 Å². The third kappa shape index (κ3) is 2.26. The van der Waals surface area contributed by atoms with E-state index in [1.54, 1.807) is 6.92 Å². The maximum Gasteiger partial charge on any atom is 0.130 e. The third-order valence-electron chi connectivity index (χ3n) is 3.30. The van der Waals surface area contributed by atoms with Gasteiger partial charge in [-0.3, -0.25) is 0 Å². The van der Waals surface area contributed by atoms with E-state index in [1.165, 1.54) is 33.3 Å². The van der Waals surface area contributed by atoms with Crippen LogP contribution in [-0.4, -0.2) is 10.8 Å². The van der Waals surface area contributed by atoms with Gasteiger partial charge in [0.05, 0.1) is 0 Å². The van der Waals surface area contributed by atoms with Crippen molar-refractivity contribution in [2.24, 2.45) is 0 Å². The van der Waals surface area contributed by atoms with Crippen molar-refractivity contribution in [2.45, 2.75) is 40.5 Å². The van der Waals surface area contributed by atoms with E-state index in [0.29, 0.717) is 6.42 Å². The number of aromatic amines is 1. The number of rotatable bonds is 3. The van der Waals surface area contributed by atoms with Gasteiger partial charge in [0.1, 0.15) is 5.78 Å². The lowest BCUT2D eigenvalue weighted by molar-refractivity contribution is -0.116. The van der Waals surface area contributed by atoms with Crippen molar-refractivity contribution in [1.29, 1.82) is 0 Å². The first-order valence-electron chi connectivity index (χ1n) is 6.07. The normalized spacial score (nSPS) is 11.1. The molecule has 1 aromatic heterocycles. The molecule has 0 unspecified atom stereocenters. The van der Waals surface area contributed by atoms with Crippen LogP contribution in [0, 0.1) is 20.8 Å². The molecule has 0 amide bonds. The molecule has 0 fully saturated rings. The van der Waals surface area contributed by atoms with Gasteiger partial charge >= 0.3 is 0 Å². The zero-order valence-electron chi connectivity index (χ0n) is 11.0. The second kappa shape index (κ2) is 4.36. The maximum absolute atomic E-state index is 11.1. The number of aromatic nitrogens is 1. The smallest absolute Gasteiger partial charge is 0.130 e. The van der Waals surface area contributed by atoms with Crippen LogP contribution in [0.5, 0.6) is 0 Å². The topological polar surface area (TPSA) is 32.9 Å². The molecule has 0 bridgehead atoms. The largest absolute Gasteiger partial charge is 0.358 e. The van der Waals surface area contributed by atoms with Crippen molar-refractivity contribution in [3.63, 3.8) is 0 Å². The summed E-state index contributed by atoms with van der Waals surface area (Å²) in [5, 5.41) is 1.28. The number of aryl methyl sites for hydroxylation is 4. The first-order chi connectivity index (χ1) is 7.99. The predicted octanol–water partition coefficient (Wildman–Crippen LogP) is 3.61. The summed E-state index contributed by atoms with van der Waals surface area (Å²) in [5.41, 5.74) is 6.25. The number of Topliss-reactive ketones (excluding diaryl/α,β-unsaturated/α-hetero) is 1. The molecular weight excluding hydrogens is 210 g/mol. The van der Waals surface area contributed by atoms with Gasteiger partial charge in [0.2, 0.25) is 0 Å². The van der Waals surface area contributed by atoms with Crippen molar-refractivity contribution < 1.29 is 4.79 Å². The Bertz CT molecular complexity index is 578. The highest BCUT2D eigenvalue weighted by molar-refractivity contribution is 5.88. The quantitative estimate of drug-likeness (QED) is 0.856. The molecule has 1 N–H and O–H groups in total. The van der Waals surface area contributed by atoms with Gasteiger partial charge in [-0.05, 0) is 51.3 Å². The molecule has 0 spiro atoms. The van der Waals surface area contributed by atoms with Crippen LogP contribution >= 0.6 is 0 Å². The van der Waals surface area contributed by atoms with E-state index in [0.717, 1.165) is 6.42 Å². The molecule has 0 atom stereocenters. The summed E-state index contributed by atoms with van der Waals surface area (Å²) in [5.74, 6) is 0.253. The number of hydrogen-bond acceptors (Lipinski definition) is 1. The molecule has 0 saturated carbocycles. The molecule has 0 saturated heterocycles. The standard InChI is InChI=1S/C15H19NO/c1-9-7-10(2)15-14(8-9)13(12(4)16-15)6-5-11(3)17/h7-8,16H,5-6H2,1-4H3. The van der Waals surface area contributed by atoms with Crippen molar-refractivity contribution in [3.05, 3.63) is 34.5 Å². The monoisotopic (exact) mass is 229 g/mol. The molecule has 1 heterocycles. The average Bonchev–Trinajstić information content (AvgIpc) is 2.52. The molecule has 0 aliphatic rings. The first kappa shape index (κ1) is 11.9. The summed E-state index contributed by atoms with van der Waals surface area (Å²) >= 11 is 0. The molecule has 2 rings (SSSR count). The number of hydrogen-bond donors (Lipinski definition) is 1. The number of H-pyrrole nitrogens is 1. The van der Waals surface area contributed by atoms with Crippen LogP contribution in [0.2, 0.25) is 0 Å². The summed E-state index contributed by atoms with van der Waals surface area (Å²) in [4.78, 5) is 14.5. The van der Waals surface area contributed by atoms with Gasteiger partial charge in [-0.25, -0.2) is 0 Å². The first-order valence-corrected chi connectivity index (χ1v) is 6.07. The lowest BCUT2D eigenvalue weighted by atomic mass is 10.0. The highest BCUT2D eigenvalue weighted by atomic mass is 16.1. The molecule has 1 aromatic carbocycles. The van der Waals surface area contributed by atoms with E-state index < -0.39 is 0 Å². The molecular formula is C15H19NO. The van der Waals surface area contributed by atoms with Gasteiger partial charge in [0, 0.05) is 23.0 Å². The molecule has 0 radical (unpaired) electrons. The summed E-state index contributed by atoms with van der Waals surface area (Å²) in [6.07, 6.45) is 1.46. The van der Waals surface area contributed by atoms with E-state index in [4.69, 9.17) is 0 Å². The Morgan fingerprint density at radius 3 is 2.59 bits per heavy atom. The molecule has 2 aromatic rings. The van der Waals surface area contributed by atoms with Crippen LogP contribution in [0.1, 0.15) is 35.7 Å². The Balaban J connectivity index is 2.54. The van der Waals surface area contributed by atoms with Crippen molar-refractivity contribution >= 4 is 16.7 Å². The van der Waals surface area contributed by atoms with Gasteiger partial charge < -0.3 is 9.78 Å². The van der Waals surface area contributed by atoms with E-state index in [-0.39, 0.29) is 5.78 Å². The van der Waals surface area contributed by atoms with Crippen LogP contribution in [0.25, 0.3) is 10.9 Å². The van der Waals surface area contributed by atoms with Crippen LogP contribution in [0.4, 0.5) is 0 Å². The maximum atomic E-state index is 11.1. The second-order valence-corrected chi connectivity index (χ2v) is 4.93. The zero-order valence-corrected chi connectivity index (χ0v) is 11.0. The summed E-state index contributed by atoms with van der Waals surface area (Å²) in [7, 11) is 0. The van der Waals surface area contributed by atoms with Crippen molar-refractivity contribution in [2.75, 3.05) is 0 Å². The summed E-state index contributed by atoms with van der Waals surface area (Å²) < 4.78 is 0. The SMILES string of the molecule is CC(=O)CCc1c(C)[nH]c2c(C)cc(C)cc12. The van der Waals surface area contributed by atoms with E-state index in [1.807, 2.05) is 0 Å². The fourth-order valence-corrected chi connectivity index (χ4v) is 2.46. The molecule has 0 aliphatic carbocycles. The lowest BCUT2D eigenvalue weighted by Gasteiger charge is -2.02. The Hall–Kier alpha value is -1.57. The Kier molecular flexibility index (Phi) is 3.05. The number of fused-ring (bicyclic) bond motifs is 1. The molecule has 0 aliphatic heterocycles. The lowest BCUT2D eigenvalue weighted by Crippen LogP contribution is -1.94. The van der Waals surface area contributed by atoms with Crippen LogP contribution in [0.15, 0.2) is 12.1 Å². The molecule has 90 valence electrons. The number of carbonyl (C=O) groups is 1. The Labute approximate surface area is 102 Å². The Morgan fingerprint density at radius 1 is 1.24 bits per heavy atom. The second-order valence-electron chi connectivity index (χ2n) is 4.93. The third-order valence-corrected chi connectivity index (χ3v) is 3.30. The van der Waals surface area contributed by atoms with Gasteiger partial charge in [0.25, 0.3) is 0 Å². The van der Waals surface area contributed by atoms with Crippen LogP contribution in [-0.2, 0) is 11.2 Å². The van der Waals surface area contributed by atoms with Gasteiger partial charge in [-0.1, -0.05) is 11.6 Å². The molecule has 2 nitrogen and oxygen atoms in total. The summed E-state index contributed by atoms with van der Waals surface area (Å²) in [6, 6.07) is 4.40. The van der Waals surface area contributed by atoms with Gasteiger partial charge in [0.15, 0.2) is 0 Å². The minimum Gasteiger partial charge on any atom is -0.358 e. The Morgan fingerprint density at radius 2 is 1.94 bits per heavy atom. The van der Waals surface area contributed by atoms with Gasteiger partial charge in [-0.15, -0.1) is 0 Å². The highest BCUT2D eigenvalue weighted by Gasteiger charge is 2.11. The van der Waals surface area contributed by atoms with E-state index in [9.17, 15) is 4.79 Å². The molecule has 2 heteroatoms. The fourth-order valence-electron chi connectivity index (χ4n) is 2.46. The minimum absolute atomic E-state index is 0.253. The number of carbonyl (C=O) groups excluding carboxylic acids is 1. The highest BCUT2D eigenvalue weighted by Crippen LogP contribution is 2.27. The number of nitrogens with one attached hydrogen (secondary N) is 1. The molecule has 17 heavy (non-hydrogen) atoms. The van der Waals surface area contributed by atoms with Crippen molar-refractivity contribution in [1.82, 2.24) is 4.98 Å². The fraction of sp³-hybridized carbons (Fsp3) is 0.400. The minimum atomic E-state index is 0.253. The van der Waals surface area contributed by atoms with Crippen LogP contribution in [0.3, 0.4) is 0 Å². The van der Waals surface area contributed by atoms with E-state index >= 15 is 0 Å².